The molecule has 0 saturated carbocycles. The molecule has 2 saturated heterocycles. The molecule has 0 bridgehead atoms. The highest BCUT2D eigenvalue weighted by molar-refractivity contribution is 5.92. The summed E-state index contributed by atoms with van der Waals surface area (Å²) in [7, 11) is 0. The number of carboxylic acids is 1. The topological polar surface area (TPSA) is 117 Å². The molecule has 2 aromatic heterocycles. The number of carbonyl (C=O) groups is 1. The Hall–Kier alpha value is -4.53. The second-order valence-corrected chi connectivity index (χ2v) is 11.1. The third kappa shape index (κ3) is 5.89. The van der Waals surface area contributed by atoms with E-state index in [1.54, 1.807) is 36.4 Å². The molecule has 11 heteroatoms. The number of nitrogens with zero attached hydrogens (tertiary/aromatic N) is 6. The second kappa shape index (κ2) is 12.0. The van der Waals surface area contributed by atoms with Gasteiger partial charge in [0.05, 0.1) is 46.9 Å². The molecule has 2 aliphatic heterocycles. The molecule has 4 heterocycles. The third-order valence-corrected chi connectivity index (χ3v) is 8.35. The summed E-state index contributed by atoms with van der Waals surface area (Å²) in [6.07, 6.45) is 1.07. The van der Waals surface area contributed by atoms with Gasteiger partial charge < -0.3 is 24.0 Å². The smallest absolute Gasteiger partial charge is 0.335 e. The molecular weight excluding hydrogens is 551 g/mol. The summed E-state index contributed by atoms with van der Waals surface area (Å²) in [5.41, 5.74) is 2.45. The quantitative estimate of drug-likeness (QED) is 0.297. The number of pyridine rings is 1. The number of imidazole rings is 1. The Morgan fingerprint density at radius 1 is 1.21 bits per heavy atom. The van der Waals surface area contributed by atoms with Crippen molar-refractivity contribution in [2.75, 3.05) is 31.1 Å². The number of aromatic carboxylic acids is 1. The van der Waals surface area contributed by atoms with Gasteiger partial charge in [-0.25, -0.2) is 14.2 Å². The first-order chi connectivity index (χ1) is 20.8. The minimum atomic E-state index is -0.960. The Labute approximate surface area is 248 Å². The Bertz CT molecular complexity index is 1700. The molecule has 1 unspecified atom stereocenters. The van der Waals surface area contributed by atoms with Crippen LogP contribution >= 0.6 is 0 Å². The van der Waals surface area contributed by atoms with Gasteiger partial charge in [0.1, 0.15) is 24.1 Å². The van der Waals surface area contributed by atoms with Crippen LogP contribution in [0.25, 0.3) is 11.0 Å². The summed E-state index contributed by atoms with van der Waals surface area (Å²) in [4.78, 5) is 26.0. The van der Waals surface area contributed by atoms with Crippen molar-refractivity contribution in [3.63, 3.8) is 0 Å². The third-order valence-electron chi connectivity index (χ3n) is 8.35. The Morgan fingerprint density at radius 2 is 2.05 bits per heavy atom. The fraction of sp³-hybridized carbons (Fsp3) is 0.375. The molecule has 2 aromatic carbocycles. The van der Waals surface area contributed by atoms with Gasteiger partial charge in [-0.3, -0.25) is 4.90 Å². The van der Waals surface area contributed by atoms with Gasteiger partial charge >= 0.3 is 5.97 Å². The zero-order chi connectivity index (χ0) is 30.1. The van der Waals surface area contributed by atoms with E-state index in [1.165, 1.54) is 6.07 Å². The molecule has 43 heavy (non-hydrogen) atoms. The van der Waals surface area contributed by atoms with Crippen LogP contribution in [0.2, 0.25) is 0 Å². The van der Waals surface area contributed by atoms with Crippen molar-refractivity contribution in [3.8, 4) is 11.9 Å². The van der Waals surface area contributed by atoms with Crippen LogP contribution in [0.15, 0.2) is 54.6 Å². The maximum Gasteiger partial charge on any atom is 0.335 e. The molecule has 0 spiro atoms. The predicted octanol–water partition coefficient (Wildman–Crippen LogP) is 4.78. The SMILES string of the molecule is CC1CN([C@H](C)c2nc3ccc(C(=O)O)cc3n2C[C@@H]2CCO2)CCN1c1cccc(OCc2ccc(C#N)cc2F)n1. The van der Waals surface area contributed by atoms with E-state index in [2.05, 4.69) is 28.2 Å². The van der Waals surface area contributed by atoms with Crippen molar-refractivity contribution in [2.45, 2.75) is 51.6 Å². The first kappa shape index (κ1) is 28.6. The number of halogens is 1. The monoisotopic (exact) mass is 584 g/mol. The van der Waals surface area contributed by atoms with Gasteiger partial charge in [0.2, 0.25) is 5.88 Å². The molecule has 4 aromatic rings. The lowest BCUT2D eigenvalue weighted by atomic mass is 10.1. The van der Waals surface area contributed by atoms with Gasteiger partial charge in [0.25, 0.3) is 0 Å². The van der Waals surface area contributed by atoms with E-state index in [9.17, 15) is 14.3 Å². The molecule has 0 radical (unpaired) electrons. The Balaban J connectivity index is 1.16. The van der Waals surface area contributed by atoms with Gasteiger partial charge in [0.15, 0.2) is 0 Å². The highest BCUT2D eigenvalue weighted by Crippen LogP contribution is 2.30. The van der Waals surface area contributed by atoms with E-state index in [0.29, 0.717) is 18.0 Å². The van der Waals surface area contributed by atoms with Crippen molar-refractivity contribution in [1.82, 2.24) is 19.4 Å². The van der Waals surface area contributed by atoms with Crippen molar-refractivity contribution in [1.29, 1.82) is 5.26 Å². The van der Waals surface area contributed by atoms with Gasteiger partial charge in [-0.15, -0.1) is 0 Å². The average molecular weight is 585 g/mol. The molecule has 222 valence electrons. The molecular formula is C32H33FN6O4. The van der Waals surface area contributed by atoms with Gasteiger partial charge in [0, 0.05) is 43.9 Å². The van der Waals surface area contributed by atoms with Crippen LogP contribution in [-0.2, 0) is 17.9 Å². The largest absolute Gasteiger partial charge is 0.478 e. The lowest BCUT2D eigenvalue weighted by Crippen LogP contribution is -2.53. The molecule has 2 fully saturated rings. The van der Waals surface area contributed by atoms with E-state index < -0.39 is 11.8 Å². The normalized spacial score (nSPS) is 19.5. The van der Waals surface area contributed by atoms with Crippen molar-refractivity contribution in [2.24, 2.45) is 0 Å². The number of aromatic nitrogens is 3. The first-order valence-electron chi connectivity index (χ1n) is 14.4. The number of anilines is 1. The highest BCUT2D eigenvalue weighted by Gasteiger charge is 2.32. The van der Waals surface area contributed by atoms with E-state index in [1.807, 2.05) is 18.2 Å². The summed E-state index contributed by atoms with van der Waals surface area (Å²) in [6.45, 7) is 7.98. The molecule has 0 amide bonds. The summed E-state index contributed by atoms with van der Waals surface area (Å²) in [5, 5.41) is 18.5. The average Bonchev–Trinajstić information content (AvgIpc) is 3.35. The predicted molar refractivity (Wildman–Crippen MR) is 158 cm³/mol. The van der Waals surface area contributed by atoms with Gasteiger partial charge in [-0.05, 0) is 56.7 Å². The maximum atomic E-state index is 14.3. The van der Waals surface area contributed by atoms with Crippen molar-refractivity contribution >= 4 is 22.8 Å². The van der Waals surface area contributed by atoms with Crippen molar-refractivity contribution in [3.05, 3.63) is 82.9 Å². The summed E-state index contributed by atoms with van der Waals surface area (Å²) in [5.74, 6) is 0.645. The number of carboxylic acid groups (broad SMARTS) is 1. The Morgan fingerprint density at radius 3 is 2.74 bits per heavy atom. The zero-order valence-electron chi connectivity index (χ0n) is 24.1. The van der Waals surface area contributed by atoms with Gasteiger partial charge in [-0.1, -0.05) is 12.1 Å². The fourth-order valence-corrected chi connectivity index (χ4v) is 5.79. The minimum Gasteiger partial charge on any atom is -0.478 e. The van der Waals surface area contributed by atoms with Crippen LogP contribution in [0.1, 0.15) is 53.6 Å². The number of piperazine rings is 1. The summed E-state index contributed by atoms with van der Waals surface area (Å²) >= 11 is 0. The van der Waals surface area contributed by atoms with Crippen LogP contribution in [0.4, 0.5) is 10.2 Å². The fourth-order valence-electron chi connectivity index (χ4n) is 5.79. The number of rotatable bonds is 9. The van der Waals surface area contributed by atoms with Crippen LogP contribution in [0.3, 0.4) is 0 Å². The van der Waals surface area contributed by atoms with Crippen LogP contribution in [-0.4, -0.2) is 68.9 Å². The Kier molecular flexibility index (Phi) is 7.97. The summed E-state index contributed by atoms with van der Waals surface area (Å²) < 4.78 is 28.0. The van der Waals surface area contributed by atoms with Gasteiger partial charge in [-0.2, -0.15) is 10.2 Å². The van der Waals surface area contributed by atoms with E-state index in [-0.39, 0.29) is 35.9 Å². The van der Waals surface area contributed by atoms with Crippen molar-refractivity contribution < 1.29 is 23.8 Å². The highest BCUT2D eigenvalue weighted by atomic mass is 19.1. The minimum absolute atomic E-state index is 0.00435. The van der Waals surface area contributed by atoms with E-state index in [4.69, 9.17) is 24.7 Å². The van der Waals surface area contributed by atoms with E-state index >= 15 is 0 Å². The van der Waals surface area contributed by atoms with Crippen LogP contribution < -0.4 is 9.64 Å². The maximum absolute atomic E-state index is 14.3. The molecule has 1 N–H and O–H groups in total. The number of fused-ring (bicyclic) bond motifs is 1. The second-order valence-electron chi connectivity index (χ2n) is 11.1. The number of ether oxygens (including phenoxy) is 2. The summed E-state index contributed by atoms with van der Waals surface area (Å²) in [6, 6.07) is 17.1. The van der Waals surface area contributed by atoms with Crippen LogP contribution in [0, 0.1) is 17.1 Å². The first-order valence-corrected chi connectivity index (χ1v) is 14.4. The standard InChI is InChI=1S/C32H33FN6O4/c1-20-17-37(21(2)31-35-27-9-8-23(32(40)41)15-28(27)39(31)18-25-10-13-42-25)11-12-38(20)29-4-3-5-30(36-29)43-19-24-7-6-22(16-34)14-26(24)33/h3-9,14-15,20-21,25H,10-13,17-19H2,1-2H3,(H,40,41)/t20?,21-,25+/m1/s1. The number of benzene rings is 2. The lowest BCUT2D eigenvalue weighted by molar-refractivity contribution is -0.0594. The number of nitriles is 1. The van der Waals surface area contributed by atoms with Crippen LogP contribution in [0.5, 0.6) is 5.88 Å². The molecule has 0 aliphatic carbocycles. The number of hydrogen-bond donors (Lipinski definition) is 1. The molecule has 2 aliphatic rings. The molecule has 10 nitrogen and oxygen atoms in total. The zero-order valence-corrected chi connectivity index (χ0v) is 24.1. The lowest BCUT2D eigenvalue weighted by Gasteiger charge is -2.43. The van der Waals surface area contributed by atoms with E-state index in [0.717, 1.165) is 55.3 Å². The number of hydrogen-bond acceptors (Lipinski definition) is 8. The molecule has 3 atom stereocenters. The molecule has 6 rings (SSSR count).